The molecule has 0 atom stereocenters. The van der Waals surface area contributed by atoms with Gasteiger partial charge in [0.05, 0.1) is 6.54 Å². The van der Waals surface area contributed by atoms with E-state index in [-0.39, 0.29) is 30.7 Å². The van der Waals surface area contributed by atoms with Crippen LogP contribution in [0.5, 0.6) is 0 Å². The maximum absolute atomic E-state index is 11.3. The molecule has 4 nitrogen and oxygen atoms in total. The van der Waals surface area contributed by atoms with Gasteiger partial charge in [-0.1, -0.05) is 0 Å². The lowest BCUT2D eigenvalue weighted by molar-refractivity contribution is -0.130. The summed E-state index contributed by atoms with van der Waals surface area (Å²) in [6.07, 6.45) is 0. The summed E-state index contributed by atoms with van der Waals surface area (Å²) in [5.41, 5.74) is 0. The minimum absolute atomic E-state index is 0. The molecule has 0 aromatic rings. The maximum Gasteiger partial charge on any atom is 0.236 e. The van der Waals surface area contributed by atoms with Crippen LogP contribution >= 0.6 is 24.8 Å². The highest BCUT2D eigenvalue weighted by Gasteiger charge is 2.13. The van der Waals surface area contributed by atoms with Crippen molar-refractivity contribution in [2.45, 2.75) is 0 Å². The third kappa shape index (κ3) is 5.65. The van der Waals surface area contributed by atoms with Crippen LogP contribution in [-0.4, -0.2) is 62.5 Å². The first kappa shape index (κ1) is 16.4. The van der Waals surface area contributed by atoms with E-state index in [9.17, 15) is 4.79 Å². The Balaban J connectivity index is 0. The molecule has 1 fully saturated rings. The molecule has 0 aromatic heterocycles. The first-order valence-electron chi connectivity index (χ1n) is 4.33. The van der Waals surface area contributed by atoms with Gasteiger partial charge in [-0.25, -0.2) is 0 Å². The highest BCUT2D eigenvalue weighted by Crippen LogP contribution is 1.92. The predicted octanol–water partition coefficient (Wildman–Crippen LogP) is -0.177. The zero-order valence-electron chi connectivity index (χ0n) is 8.65. The number of nitrogens with zero attached hydrogens (tertiary/aromatic N) is 2. The second-order valence-corrected chi connectivity index (χ2v) is 3.31. The summed E-state index contributed by atoms with van der Waals surface area (Å²) in [6.45, 7) is 4.54. The maximum atomic E-state index is 11.3. The topological polar surface area (TPSA) is 35.6 Å². The fourth-order valence-electron chi connectivity index (χ4n) is 1.20. The van der Waals surface area contributed by atoms with E-state index in [2.05, 4.69) is 10.2 Å². The van der Waals surface area contributed by atoms with Gasteiger partial charge < -0.3 is 10.2 Å². The van der Waals surface area contributed by atoms with Gasteiger partial charge in [0, 0.05) is 40.3 Å². The summed E-state index contributed by atoms with van der Waals surface area (Å²) in [5, 5.41) is 3.25. The Kier molecular flexibility index (Phi) is 9.72. The number of rotatable bonds is 2. The molecule has 6 heteroatoms. The Bertz CT molecular complexity index is 161. The molecule has 14 heavy (non-hydrogen) atoms. The Morgan fingerprint density at radius 2 is 1.79 bits per heavy atom. The van der Waals surface area contributed by atoms with Gasteiger partial charge in [-0.15, -0.1) is 24.8 Å². The molecule has 1 aliphatic heterocycles. The summed E-state index contributed by atoms with van der Waals surface area (Å²) < 4.78 is 0. The normalized spacial score (nSPS) is 16.4. The van der Waals surface area contributed by atoms with E-state index in [1.54, 1.807) is 19.0 Å². The number of carbonyl (C=O) groups is 1. The Morgan fingerprint density at radius 1 is 1.29 bits per heavy atom. The number of hydrogen-bond donors (Lipinski definition) is 1. The number of halogens is 2. The van der Waals surface area contributed by atoms with Crippen LogP contribution in [0.1, 0.15) is 0 Å². The standard InChI is InChI=1S/C8H17N3O.2ClH/c1-10(2)8(12)7-11-5-3-9-4-6-11;;/h9H,3-7H2,1-2H3;2*1H. The average Bonchev–Trinajstić information content (AvgIpc) is 2.06. The number of likely N-dealkylation sites (N-methyl/N-ethyl adjacent to an activating group) is 1. The predicted molar refractivity (Wildman–Crippen MR) is 62.5 cm³/mol. The minimum Gasteiger partial charge on any atom is -0.348 e. The number of piperazine rings is 1. The summed E-state index contributed by atoms with van der Waals surface area (Å²) >= 11 is 0. The van der Waals surface area contributed by atoms with Crippen LogP contribution in [0.2, 0.25) is 0 Å². The largest absolute Gasteiger partial charge is 0.348 e. The zero-order chi connectivity index (χ0) is 8.97. The monoisotopic (exact) mass is 243 g/mol. The summed E-state index contributed by atoms with van der Waals surface area (Å²) in [4.78, 5) is 15.1. The lowest BCUT2D eigenvalue weighted by Crippen LogP contribution is -2.47. The highest BCUT2D eigenvalue weighted by molar-refractivity contribution is 5.85. The molecule has 1 N–H and O–H groups in total. The lowest BCUT2D eigenvalue weighted by Gasteiger charge is -2.27. The van der Waals surface area contributed by atoms with Crippen molar-refractivity contribution in [3.63, 3.8) is 0 Å². The van der Waals surface area contributed by atoms with Gasteiger partial charge in [0.2, 0.25) is 5.91 Å². The Labute approximate surface area is 97.8 Å². The zero-order valence-corrected chi connectivity index (χ0v) is 10.3. The third-order valence-corrected chi connectivity index (χ3v) is 2.07. The van der Waals surface area contributed by atoms with E-state index in [0.29, 0.717) is 6.54 Å². The summed E-state index contributed by atoms with van der Waals surface area (Å²) in [7, 11) is 3.59. The molecule has 1 saturated heterocycles. The summed E-state index contributed by atoms with van der Waals surface area (Å²) in [6, 6.07) is 0. The van der Waals surface area contributed by atoms with Gasteiger partial charge >= 0.3 is 0 Å². The molecule has 1 rings (SSSR count). The van der Waals surface area contributed by atoms with Gasteiger partial charge in [0.15, 0.2) is 0 Å². The quantitative estimate of drug-likeness (QED) is 0.732. The van der Waals surface area contributed by atoms with Crippen molar-refractivity contribution in [1.82, 2.24) is 15.1 Å². The van der Waals surface area contributed by atoms with Crippen LogP contribution < -0.4 is 5.32 Å². The van der Waals surface area contributed by atoms with Crippen molar-refractivity contribution in [3.05, 3.63) is 0 Å². The van der Waals surface area contributed by atoms with Crippen molar-refractivity contribution in [2.75, 3.05) is 46.8 Å². The van der Waals surface area contributed by atoms with E-state index < -0.39 is 0 Å². The molecule has 0 spiro atoms. The van der Waals surface area contributed by atoms with Crippen molar-refractivity contribution in [1.29, 1.82) is 0 Å². The van der Waals surface area contributed by atoms with Crippen LogP contribution in [0.25, 0.3) is 0 Å². The second kappa shape index (κ2) is 8.29. The van der Waals surface area contributed by atoms with Gasteiger partial charge in [-0.3, -0.25) is 9.69 Å². The average molecular weight is 244 g/mol. The fraction of sp³-hybridized carbons (Fsp3) is 0.875. The molecule has 0 aromatic carbocycles. The number of amides is 1. The van der Waals surface area contributed by atoms with Crippen LogP contribution in [-0.2, 0) is 4.79 Å². The van der Waals surface area contributed by atoms with Gasteiger partial charge in [-0.05, 0) is 0 Å². The number of hydrogen-bond acceptors (Lipinski definition) is 3. The minimum atomic E-state index is 0. The van der Waals surface area contributed by atoms with Crippen molar-refractivity contribution < 1.29 is 4.79 Å². The Hall–Kier alpha value is -0.0300. The fourth-order valence-corrected chi connectivity index (χ4v) is 1.20. The molecule has 86 valence electrons. The van der Waals surface area contributed by atoms with Gasteiger partial charge in [0.25, 0.3) is 0 Å². The second-order valence-electron chi connectivity index (χ2n) is 3.31. The molecule has 0 aliphatic carbocycles. The first-order valence-corrected chi connectivity index (χ1v) is 4.33. The van der Waals surface area contributed by atoms with E-state index in [1.165, 1.54) is 0 Å². The lowest BCUT2D eigenvalue weighted by atomic mass is 10.3. The van der Waals surface area contributed by atoms with Crippen LogP contribution in [0.15, 0.2) is 0 Å². The Morgan fingerprint density at radius 3 is 2.21 bits per heavy atom. The molecule has 0 unspecified atom stereocenters. The van der Waals surface area contributed by atoms with E-state index in [1.807, 2.05) is 0 Å². The molecule has 1 aliphatic rings. The van der Waals surface area contributed by atoms with Crippen LogP contribution in [0, 0.1) is 0 Å². The third-order valence-electron chi connectivity index (χ3n) is 2.07. The van der Waals surface area contributed by atoms with Crippen LogP contribution in [0.4, 0.5) is 0 Å². The van der Waals surface area contributed by atoms with Crippen LogP contribution in [0.3, 0.4) is 0 Å². The first-order chi connectivity index (χ1) is 5.70. The van der Waals surface area contributed by atoms with Crippen molar-refractivity contribution >= 4 is 30.7 Å². The molecule has 0 saturated carbocycles. The molecule has 0 radical (unpaired) electrons. The van der Waals surface area contributed by atoms with E-state index in [4.69, 9.17) is 0 Å². The SMILES string of the molecule is CN(C)C(=O)CN1CCNCC1.Cl.Cl. The number of carbonyl (C=O) groups excluding carboxylic acids is 1. The number of nitrogens with one attached hydrogen (secondary N) is 1. The molecule has 0 bridgehead atoms. The molecule has 1 heterocycles. The molecule has 1 amide bonds. The van der Waals surface area contributed by atoms with E-state index in [0.717, 1.165) is 26.2 Å². The smallest absolute Gasteiger partial charge is 0.236 e. The molecular formula is C8H19Cl2N3O. The summed E-state index contributed by atoms with van der Waals surface area (Å²) in [5.74, 6) is 0.192. The van der Waals surface area contributed by atoms with Gasteiger partial charge in [-0.2, -0.15) is 0 Å². The highest BCUT2D eigenvalue weighted by atomic mass is 35.5. The van der Waals surface area contributed by atoms with E-state index >= 15 is 0 Å². The van der Waals surface area contributed by atoms with Crippen molar-refractivity contribution in [3.8, 4) is 0 Å². The molecular weight excluding hydrogens is 225 g/mol. The van der Waals surface area contributed by atoms with Gasteiger partial charge in [0.1, 0.15) is 0 Å². The van der Waals surface area contributed by atoms with Crippen molar-refractivity contribution in [2.24, 2.45) is 0 Å².